The van der Waals surface area contributed by atoms with Gasteiger partial charge in [0.2, 0.25) is 0 Å². The Morgan fingerprint density at radius 3 is 2.32 bits per heavy atom. The first-order chi connectivity index (χ1) is 17.3. The zero-order valence-corrected chi connectivity index (χ0v) is 24.4. The zero-order chi connectivity index (χ0) is 27.0. The van der Waals surface area contributed by atoms with Crippen molar-refractivity contribution in [3.8, 4) is 0 Å². The molecule has 8 unspecified atom stereocenters. The molecule has 2 spiro atoms. The van der Waals surface area contributed by atoms with Crippen molar-refractivity contribution < 1.29 is 19.4 Å². The van der Waals surface area contributed by atoms with E-state index < -0.39 is 5.97 Å². The van der Waals surface area contributed by atoms with Gasteiger partial charge < -0.3 is 9.84 Å². The first kappa shape index (κ1) is 27.0. The van der Waals surface area contributed by atoms with Crippen molar-refractivity contribution in [2.45, 2.75) is 119 Å². The minimum absolute atomic E-state index is 0.0954. The summed E-state index contributed by atoms with van der Waals surface area (Å²) >= 11 is 0. The Morgan fingerprint density at radius 1 is 0.973 bits per heavy atom. The third-order valence-corrected chi connectivity index (χ3v) is 13.5. The second kappa shape index (κ2) is 8.71. The van der Waals surface area contributed by atoms with E-state index in [4.69, 9.17) is 4.74 Å². The van der Waals surface area contributed by atoms with Crippen molar-refractivity contribution in [1.29, 1.82) is 0 Å². The Bertz CT molecular complexity index is 1040. The summed E-state index contributed by atoms with van der Waals surface area (Å²) in [4.78, 5) is 22.7. The summed E-state index contributed by atoms with van der Waals surface area (Å²) in [5.41, 5.74) is 3.71. The van der Waals surface area contributed by atoms with E-state index in [0.717, 1.165) is 31.1 Å². The van der Waals surface area contributed by atoms with Crippen LogP contribution in [0, 0.1) is 50.7 Å². The number of allylic oxidation sites excluding steroid dienone is 2. The van der Waals surface area contributed by atoms with Crippen molar-refractivity contribution in [2.24, 2.45) is 50.7 Å². The van der Waals surface area contributed by atoms with Crippen LogP contribution in [0.4, 0.5) is 0 Å². The first-order valence-corrected chi connectivity index (χ1v) is 15.0. The summed E-state index contributed by atoms with van der Waals surface area (Å²) in [5, 5.41) is 9.21. The minimum atomic E-state index is -0.792. The van der Waals surface area contributed by atoms with E-state index in [1.807, 2.05) is 6.08 Å². The largest absolute Gasteiger partial charge is 0.478 e. The number of carboxylic acid groups (broad SMARTS) is 1. The Balaban J connectivity index is 1.36. The molecule has 5 aliphatic rings. The van der Waals surface area contributed by atoms with Crippen LogP contribution in [-0.2, 0) is 14.3 Å². The molecule has 5 rings (SSSR count). The van der Waals surface area contributed by atoms with E-state index in [1.165, 1.54) is 63.9 Å². The number of fused-ring (bicyclic) bond motifs is 2. The normalized spacial score (nSPS) is 45.8. The Labute approximate surface area is 224 Å². The summed E-state index contributed by atoms with van der Waals surface area (Å²) in [6.07, 6.45) is 17.5. The fourth-order valence-corrected chi connectivity index (χ4v) is 11.4. The van der Waals surface area contributed by atoms with Gasteiger partial charge in [-0.3, -0.25) is 4.79 Å². The monoisotopic (exact) mass is 510 g/mol. The highest BCUT2D eigenvalue weighted by Gasteiger charge is 2.81. The molecule has 0 aromatic rings. The molecule has 5 saturated carbocycles. The average molecular weight is 511 g/mol. The number of aliphatic carboxylic acids is 1. The second-order valence-corrected chi connectivity index (χ2v) is 14.9. The van der Waals surface area contributed by atoms with E-state index in [0.29, 0.717) is 39.1 Å². The standard InChI is InChI=1S/C33H50O4/c1-21(9-8-10-22(2)28(35)36)25-14-15-31(7)27-12-11-26-29(4,5)24(19-37-23(3)34)13-16-32(26)20-33(27,32)18-17-30(25,31)6/h10,19,21,25-27H,8-9,11-18,20H2,1-7H3,(H,35,36). The van der Waals surface area contributed by atoms with Crippen LogP contribution in [0.2, 0.25) is 0 Å². The van der Waals surface area contributed by atoms with Crippen molar-refractivity contribution >= 4 is 11.9 Å². The summed E-state index contributed by atoms with van der Waals surface area (Å²) in [5.74, 6) is 1.89. The molecule has 0 radical (unpaired) electrons. The smallest absolute Gasteiger partial charge is 0.330 e. The van der Waals surface area contributed by atoms with Crippen LogP contribution in [0.5, 0.6) is 0 Å². The highest BCUT2D eigenvalue weighted by atomic mass is 16.5. The number of esters is 1. The first-order valence-electron chi connectivity index (χ1n) is 15.0. The topological polar surface area (TPSA) is 63.6 Å². The number of carbonyl (C=O) groups excluding carboxylic acids is 1. The second-order valence-electron chi connectivity index (χ2n) is 14.9. The van der Waals surface area contributed by atoms with Gasteiger partial charge in [-0.2, -0.15) is 0 Å². The Morgan fingerprint density at radius 2 is 1.65 bits per heavy atom. The Hall–Kier alpha value is -1.58. The van der Waals surface area contributed by atoms with E-state index in [9.17, 15) is 14.7 Å². The summed E-state index contributed by atoms with van der Waals surface area (Å²) in [6.45, 7) is 15.8. The molecule has 0 aliphatic heterocycles. The fourth-order valence-electron chi connectivity index (χ4n) is 11.4. The van der Waals surface area contributed by atoms with Crippen LogP contribution in [0.1, 0.15) is 119 Å². The molecular weight excluding hydrogens is 460 g/mol. The van der Waals surface area contributed by atoms with Gasteiger partial charge in [-0.25, -0.2) is 4.79 Å². The molecule has 5 fully saturated rings. The van der Waals surface area contributed by atoms with Crippen LogP contribution in [-0.4, -0.2) is 17.0 Å². The molecule has 4 nitrogen and oxygen atoms in total. The highest BCUT2D eigenvalue weighted by molar-refractivity contribution is 5.85. The van der Waals surface area contributed by atoms with Crippen LogP contribution in [0.25, 0.3) is 0 Å². The van der Waals surface area contributed by atoms with E-state index in [1.54, 1.807) is 13.2 Å². The number of hydrogen-bond acceptors (Lipinski definition) is 3. The third kappa shape index (κ3) is 3.66. The van der Waals surface area contributed by atoms with E-state index in [-0.39, 0.29) is 11.4 Å². The Kier molecular flexibility index (Phi) is 6.36. The van der Waals surface area contributed by atoms with Gasteiger partial charge in [0.05, 0.1) is 6.26 Å². The maximum atomic E-state index is 11.5. The quantitative estimate of drug-likeness (QED) is 0.222. The lowest BCUT2D eigenvalue weighted by atomic mass is 9.41. The molecule has 0 heterocycles. The van der Waals surface area contributed by atoms with E-state index >= 15 is 0 Å². The molecule has 0 bridgehead atoms. The number of rotatable bonds is 6. The number of ether oxygens (including phenoxy) is 1. The SMILES string of the molecule is CC(=O)OC=C1CCC23CC24CCC2(C)C(C(C)CCC=C(C)C(=O)O)CCC2(C)C4CCC3C1(C)C. The number of carboxylic acids is 1. The minimum Gasteiger partial charge on any atom is -0.478 e. The van der Waals surface area contributed by atoms with Gasteiger partial charge in [0, 0.05) is 12.5 Å². The van der Waals surface area contributed by atoms with Gasteiger partial charge in [-0.15, -0.1) is 0 Å². The summed E-state index contributed by atoms with van der Waals surface area (Å²) in [7, 11) is 0. The van der Waals surface area contributed by atoms with Crippen LogP contribution in [0.3, 0.4) is 0 Å². The molecule has 0 aromatic heterocycles. The van der Waals surface area contributed by atoms with Gasteiger partial charge >= 0.3 is 11.9 Å². The van der Waals surface area contributed by atoms with Gasteiger partial charge in [0.1, 0.15) is 0 Å². The van der Waals surface area contributed by atoms with Gasteiger partial charge in [-0.05, 0) is 134 Å². The lowest BCUT2D eigenvalue weighted by molar-refractivity contribution is -0.138. The lowest BCUT2D eigenvalue weighted by Crippen LogP contribution is -2.56. The van der Waals surface area contributed by atoms with Crippen LogP contribution in [0.15, 0.2) is 23.5 Å². The van der Waals surface area contributed by atoms with Gasteiger partial charge in [-0.1, -0.05) is 40.7 Å². The predicted molar refractivity (Wildman–Crippen MR) is 147 cm³/mol. The average Bonchev–Trinajstić information content (AvgIpc) is 3.40. The van der Waals surface area contributed by atoms with Crippen molar-refractivity contribution in [1.82, 2.24) is 0 Å². The molecule has 1 N–H and O–H groups in total. The molecule has 0 amide bonds. The third-order valence-electron chi connectivity index (χ3n) is 13.5. The molecular formula is C33H50O4. The van der Waals surface area contributed by atoms with Crippen molar-refractivity contribution in [3.05, 3.63) is 23.5 Å². The molecule has 206 valence electrons. The molecule has 5 aliphatic carbocycles. The summed E-state index contributed by atoms with van der Waals surface area (Å²) < 4.78 is 5.39. The van der Waals surface area contributed by atoms with Crippen LogP contribution >= 0.6 is 0 Å². The van der Waals surface area contributed by atoms with Crippen LogP contribution < -0.4 is 0 Å². The molecule has 0 aromatic carbocycles. The zero-order valence-electron chi connectivity index (χ0n) is 24.4. The number of carbonyl (C=O) groups is 2. The predicted octanol–water partition coefficient (Wildman–Crippen LogP) is 8.32. The van der Waals surface area contributed by atoms with Crippen molar-refractivity contribution in [3.63, 3.8) is 0 Å². The van der Waals surface area contributed by atoms with Gasteiger partial charge in [0.15, 0.2) is 0 Å². The number of hydrogen-bond donors (Lipinski definition) is 1. The van der Waals surface area contributed by atoms with Crippen molar-refractivity contribution in [2.75, 3.05) is 0 Å². The molecule has 8 atom stereocenters. The molecule has 4 heteroatoms. The van der Waals surface area contributed by atoms with E-state index in [2.05, 4.69) is 34.6 Å². The maximum absolute atomic E-state index is 11.5. The molecule has 0 saturated heterocycles. The summed E-state index contributed by atoms with van der Waals surface area (Å²) in [6, 6.07) is 0. The molecule has 37 heavy (non-hydrogen) atoms. The lowest BCUT2D eigenvalue weighted by Gasteiger charge is -2.63. The fraction of sp³-hybridized carbons (Fsp3) is 0.818. The highest BCUT2D eigenvalue weighted by Crippen LogP contribution is 2.89. The van der Waals surface area contributed by atoms with Gasteiger partial charge in [0.25, 0.3) is 0 Å². The maximum Gasteiger partial charge on any atom is 0.330 e.